The summed E-state index contributed by atoms with van der Waals surface area (Å²) in [6.45, 7) is 1.62. The van der Waals surface area contributed by atoms with Crippen LogP contribution in [-0.2, 0) is 4.79 Å². The molecule has 19 heavy (non-hydrogen) atoms. The van der Waals surface area contributed by atoms with Crippen LogP contribution in [0.5, 0.6) is 0 Å². The summed E-state index contributed by atoms with van der Waals surface area (Å²) in [5, 5.41) is 15.0. The maximum Gasteiger partial charge on any atom is 0.234 e. The summed E-state index contributed by atoms with van der Waals surface area (Å²) in [5.74, 6) is 0.141. The zero-order valence-corrected chi connectivity index (χ0v) is 12.1. The van der Waals surface area contributed by atoms with E-state index in [1.807, 2.05) is 0 Å². The standard InChI is InChI=1S/C15H30N2O2/c18-12-8-4-3-7-11-16-13-15(19)17-14-9-5-1-2-6-10-14/h14,16,18H,1-13H2,(H,17,19). The summed E-state index contributed by atoms with van der Waals surface area (Å²) in [6.07, 6.45) is 11.6. The predicted octanol–water partition coefficient (Wildman–Crippen LogP) is 1.97. The van der Waals surface area contributed by atoms with Gasteiger partial charge in [0.1, 0.15) is 0 Å². The molecule has 1 fully saturated rings. The third-order valence-electron chi connectivity index (χ3n) is 3.77. The molecule has 0 aromatic carbocycles. The quantitative estimate of drug-likeness (QED) is 0.443. The van der Waals surface area contributed by atoms with Gasteiger partial charge in [-0.2, -0.15) is 0 Å². The van der Waals surface area contributed by atoms with Crippen molar-refractivity contribution < 1.29 is 9.90 Å². The molecule has 0 saturated heterocycles. The van der Waals surface area contributed by atoms with Crippen molar-refractivity contribution >= 4 is 5.91 Å². The first-order chi connectivity index (χ1) is 9.33. The Hall–Kier alpha value is -0.610. The molecule has 0 bridgehead atoms. The molecule has 4 heteroatoms. The molecule has 3 N–H and O–H groups in total. The van der Waals surface area contributed by atoms with Crippen molar-refractivity contribution in [3.8, 4) is 0 Å². The Morgan fingerprint density at radius 1 is 1.00 bits per heavy atom. The first-order valence-corrected chi connectivity index (χ1v) is 7.94. The third-order valence-corrected chi connectivity index (χ3v) is 3.77. The second-order valence-corrected chi connectivity index (χ2v) is 5.57. The van der Waals surface area contributed by atoms with E-state index < -0.39 is 0 Å². The van der Waals surface area contributed by atoms with E-state index in [9.17, 15) is 4.79 Å². The number of carbonyl (C=O) groups is 1. The zero-order valence-electron chi connectivity index (χ0n) is 12.1. The van der Waals surface area contributed by atoms with Crippen LogP contribution in [0.15, 0.2) is 0 Å². The van der Waals surface area contributed by atoms with Crippen LogP contribution >= 0.6 is 0 Å². The fourth-order valence-corrected chi connectivity index (χ4v) is 2.62. The van der Waals surface area contributed by atoms with E-state index in [1.54, 1.807) is 0 Å². The van der Waals surface area contributed by atoms with Gasteiger partial charge in [-0.25, -0.2) is 0 Å². The molecule has 1 amide bonds. The van der Waals surface area contributed by atoms with Crippen LogP contribution in [0.25, 0.3) is 0 Å². The number of hydrogen-bond acceptors (Lipinski definition) is 3. The van der Waals surface area contributed by atoms with Crippen LogP contribution in [-0.4, -0.2) is 36.8 Å². The number of nitrogens with one attached hydrogen (secondary N) is 2. The molecule has 1 saturated carbocycles. The first kappa shape index (κ1) is 16.4. The molecule has 0 unspecified atom stereocenters. The van der Waals surface area contributed by atoms with E-state index in [2.05, 4.69) is 10.6 Å². The van der Waals surface area contributed by atoms with Gasteiger partial charge in [0.2, 0.25) is 5.91 Å². The summed E-state index contributed by atoms with van der Waals surface area (Å²) in [5.41, 5.74) is 0. The molecule has 0 radical (unpaired) electrons. The van der Waals surface area contributed by atoms with Crippen molar-refractivity contribution in [3.63, 3.8) is 0 Å². The number of rotatable bonds is 9. The van der Waals surface area contributed by atoms with Gasteiger partial charge in [-0.1, -0.05) is 38.5 Å². The average Bonchev–Trinajstić information content (AvgIpc) is 2.66. The molecule has 4 nitrogen and oxygen atoms in total. The summed E-state index contributed by atoms with van der Waals surface area (Å²) >= 11 is 0. The van der Waals surface area contributed by atoms with Crippen molar-refractivity contribution in [2.24, 2.45) is 0 Å². The number of aliphatic hydroxyl groups excluding tert-OH is 1. The van der Waals surface area contributed by atoms with Crippen LogP contribution in [0.3, 0.4) is 0 Å². The smallest absolute Gasteiger partial charge is 0.234 e. The Morgan fingerprint density at radius 3 is 2.37 bits per heavy atom. The Morgan fingerprint density at radius 2 is 1.68 bits per heavy atom. The lowest BCUT2D eigenvalue weighted by molar-refractivity contribution is -0.121. The number of amides is 1. The van der Waals surface area contributed by atoms with Crippen LogP contribution in [0, 0.1) is 0 Å². The van der Waals surface area contributed by atoms with E-state index in [0.29, 0.717) is 12.6 Å². The molecule has 0 heterocycles. The van der Waals surface area contributed by atoms with Crippen molar-refractivity contribution in [2.75, 3.05) is 19.7 Å². The maximum absolute atomic E-state index is 11.8. The molecule has 0 atom stereocenters. The van der Waals surface area contributed by atoms with Crippen molar-refractivity contribution in [1.82, 2.24) is 10.6 Å². The Kier molecular flexibility index (Phi) is 9.72. The van der Waals surface area contributed by atoms with Crippen LogP contribution in [0.1, 0.15) is 64.2 Å². The van der Waals surface area contributed by atoms with Gasteiger partial charge in [-0.05, 0) is 32.2 Å². The Labute approximate surface area is 117 Å². The van der Waals surface area contributed by atoms with E-state index in [4.69, 9.17) is 5.11 Å². The van der Waals surface area contributed by atoms with Gasteiger partial charge in [0.25, 0.3) is 0 Å². The molecule has 0 spiro atoms. The highest BCUT2D eigenvalue weighted by Gasteiger charge is 2.13. The molecule has 0 aromatic heterocycles. The van der Waals surface area contributed by atoms with E-state index in [1.165, 1.54) is 25.7 Å². The lowest BCUT2D eigenvalue weighted by Gasteiger charge is -2.16. The van der Waals surface area contributed by atoms with Gasteiger partial charge in [-0.15, -0.1) is 0 Å². The molecule has 0 aromatic rings. The molecule has 1 aliphatic carbocycles. The summed E-state index contributed by atoms with van der Waals surface area (Å²) in [4.78, 5) is 11.8. The first-order valence-electron chi connectivity index (χ1n) is 7.94. The minimum Gasteiger partial charge on any atom is -0.396 e. The minimum absolute atomic E-state index is 0.141. The molecule has 0 aliphatic heterocycles. The van der Waals surface area contributed by atoms with Crippen LogP contribution in [0.2, 0.25) is 0 Å². The second-order valence-electron chi connectivity index (χ2n) is 5.57. The molecular formula is C15H30N2O2. The monoisotopic (exact) mass is 270 g/mol. The normalized spacial score (nSPS) is 17.1. The Balaban J connectivity index is 1.95. The second kappa shape index (κ2) is 11.2. The highest BCUT2D eigenvalue weighted by molar-refractivity contribution is 5.78. The number of carbonyl (C=O) groups excluding carboxylic acids is 1. The summed E-state index contributed by atoms with van der Waals surface area (Å²) in [6, 6.07) is 0.404. The number of hydrogen-bond donors (Lipinski definition) is 3. The fourth-order valence-electron chi connectivity index (χ4n) is 2.62. The van der Waals surface area contributed by atoms with E-state index in [-0.39, 0.29) is 12.5 Å². The van der Waals surface area contributed by atoms with Crippen molar-refractivity contribution in [1.29, 1.82) is 0 Å². The number of unbranched alkanes of at least 4 members (excludes halogenated alkanes) is 3. The van der Waals surface area contributed by atoms with Gasteiger partial charge in [0, 0.05) is 12.6 Å². The largest absolute Gasteiger partial charge is 0.396 e. The highest BCUT2D eigenvalue weighted by atomic mass is 16.2. The SMILES string of the molecule is O=C(CNCCCCCCO)NC1CCCCCC1. The lowest BCUT2D eigenvalue weighted by Crippen LogP contribution is -2.40. The van der Waals surface area contributed by atoms with E-state index >= 15 is 0 Å². The van der Waals surface area contributed by atoms with Gasteiger partial charge < -0.3 is 15.7 Å². The summed E-state index contributed by atoms with van der Waals surface area (Å²) in [7, 11) is 0. The van der Waals surface area contributed by atoms with Crippen LogP contribution in [0.4, 0.5) is 0 Å². The van der Waals surface area contributed by atoms with Gasteiger partial charge in [-0.3, -0.25) is 4.79 Å². The molecule has 112 valence electrons. The lowest BCUT2D eigenvalue weighted by atomic mass is 10.1. The summed E-state index contributed by atoms with van der Waals surface area (Å²) < 4.78 is 0. The molecule has 1 rings (SSSR count). The molecule has 1 aliphatic rings. The predicted molar refractivity (Wildman–Crippen MR) is 78.1 cm³/mol. The Bertz CT molecular complexity index is 226. The van der Waals surface area contributed by atoms with Gasteiger partial charge in [0.05, 0.1) is 6.54 Å². The highest BCUT2D eigenvalue weighted by Crippen LogP contribution is 2.16. The van der Waals surface area contributed by atoms with Crippen molar-refractivity contribution in [3.05, 3.63) is 0 Å². The zero-order chi connectivity index (χ0) is 13.8. The minimum atomic E-state index is 0.141. The fraction of sp³-hybridized carbons (Fsp3) is 0.933. The van der Waals surface area contributed by atoms with Gasteiger partial charge in [0.15, 0.2) is 0 Å². The van der Waals surface area contributed by atoms with Crippen LogP contribution < -0.4 is 10.6 Å². The molecular weight excluding hydrogens is 240 g/mol. The third kappa shape index (κ3) is 9.00. The van der Waals surface area contributed by atoms with E-state index in [0.717, 1.165) is 45.1 Å². The number of aliphatic hydroxyl groups is 1. The maximum atomic E-state index is 11.8. The average molecular weight is 270 g/mol. The van der Waals surface area contributed by atoms with Crippen molar-refractivity contribution in [2.45, 2.75) is 70.3 Å². The van der Waals surface area contributed by atoms with Gasteiger partial charge >= 0.3 is 0 Å². The topological polar surface area (TPSA) is 61.4 Å².